The number of para-hydroxylation sites is 2. The zero-order chi connectivity index (χ0) is 17.3. The summed E-state index contributed by atoms with van der Waals surface area (Å²) in [7, 11) is 0. The molecule has 0 radical (unpaired) electrons. The molecule has 1 aliphatic carbocycles. The normalized spacial score (nSPS) is 17.9. The van der Waals surface area contributed by atoms with Gasteiger partial charge in [-0.05, 0) is 57.1 Å². The van der Waals surface area contributed by atoms with E-state index in [1.807, 2.05) is 12.1 Å². The van der Waals surface area contributed by atoms with E-state index in [0.29, 0.717) is 6.54 Å². The summed E-state index contributed by atoms with van der Waals surface area (Å²) >= 11 is 0. The molecule has 0 atom stereocenters. The number of piperidine rings is 1. The summed E-state index contributed by atoms with van der Waals surface area (Å²) in [6.07, 6.45) is 12.5. The Hall–Kier alpha value is -1.81. The second kappa shape index (κ2) is 9.62. The van der Waals surface area contributed by atoms with Gasteiger partial charge in [0.1, 0.15) is 0 Å². The number of hydrogen-bond donors (Lipinski definition) is 2. The zero-order valence-electron chi connectivity index (χ0n) is 15.3. The maximum Gasteiger partial charge on any atom is 0.279 e. The van der Waals surface area contributed by atoms with Crippen molar-refractivity contribution in [1.82, 2.24) is 0 Å². The van der Waals surface area contributed by atoms with Gasteiger partial charge in [-0.1, -0.05) is 23.8 Å². The molecule has 1 heterocycles. The second-order valence-electron chi connectivity index (χ2n) is 7.25. The first-order valence-corrected chi connectivity index (χ1v) is 9.96. The Balaban J connectivity index is 1.45. The third-order valence-electron chi connectivity index (χ3n) is 5.26. The first-order chi connectivity index (χ1) is 12.3. The van der Waals surface area contributed by atoms with E-state index in [1.54, 1.807) is 5.57 Å². The summed E-state index contributed by atoms with van der Waals surface area (Å²) in [5, 5.41) is 5.25. The second-order valence-corrected chi connectivity index (χ2v) is 7.25. The van der Waals surface area contributed by atoms with Gasteiger partial charge in [-0.2, -0.15) is 0 Å². The van der Waals surface area contributed by atoms with E-state index >= 15 is 0 Å². The molecule has 1 amide bonds. The van der Waals surface area contributed by atoms with E-state index in [4.69, 9.17) is 0 Å². The lowest BCUT2D eigenvalue weighted by molar-refractivity contribution is -0.643. The van der Waals surface area contributed by atoms with Crippen LogP contribution in [0.25, 0.3) is 0 Å². The maximum atomic E-state index is 12.3. The molecule has 25 heavy (non-hydrogen) atoms. The van der Waals surface area contributed by atoms with E-state index in [1.165, 1.54) is 50.6 Å². The average molecular weight is 343 g/mol. The summed E-state index contributed by atoms with van der Waals surface area (Å²) in [6.45, 7) is 3.69. The average Bonchev–Trinajstić information content (AvgIpc) is 2.67. The standard InChI is InChI=1S/C21H31N3O/c25-21(17-22-14-13-18-9-3-1-4-10-18)23-19-11-5-6-12-20(19)24-15-7-2-8-16-24/h5-6,9,11-12,22H,1-4,7-8,10,13-17H2,(H,23,25)/p+1. The molecule has 1 saturated heterocycles. The molecule has 3 N–H and O–H groups in total. The third-order valence-corrected chi connectivity index (χ3v) is 5.26. The molecule has 0 saturated carbocycles. The number of nitrogens with one attached hydrogen (secondary N) is 1. The van der Waals surface area contributed by atoms with Crippen LogP contribution in [0.3, 0.4) is 0 Å². The van der Waals surface area contributed by atoms with Crippen LogP contribution in [-0.4, -0.2) is 32.1 Å². The quantitative estimate of drug-likeness (QED) is 0.591. The summed E-state index contributed by atoms with van der Waals surface area (Å²) in [4.78, 5) is 14.7. The summed E-state index contributed by atoms with van der Waals surface area (Å²) in [6, 6.07) is 8.21. The Kier molecular flexibility index (Phi) is 6.92. The van der Waals surface area contributed by atoms with Gasteiger partial charge in [-0.15, -0.1) is 0 Å². The first kappa shape index (κ1) is 18.0. The molecule has 0 bridgehead atoms. The fourth-order valence-corrected chi connectivity index (χ4v) is 3.84. The summed E-state index contributed by atoms with van der Waals surface area (Å²) in [5.74, 6) is 0.0992. The zero-order valence-corrected chi connectivity index (χ0v) is 15.3. The van der Waals surface area contributed by atoms with Crippen molar-refractivity contribution in [3.8, 4) is 0 Å². The molecule has 1 aliphatic heterocycles. The minimum absolute atomic E-state index is 0.0992. The predicted octanol–water partition coefficient (Wildman–Crippen LogP) is 3.07. The van der Waals surface area contributed by atoms with Gasteiger partial charge in [-0.3, -0.25) is 4.79 Å². The van der Waals surface area contributed by atoms with Crippen LogP contribution in [0.2, 0.25) is 0 Å². The minimum atomic E-state index is 0.0992. The molecule has 3 rings (SSSR count). The number of quaternary nitrogens is 1. The van der Waals surface area contributed by atoms with Crippen molar-refractivity contribution in [3.63, 3.8) is 0 Å². The first-order valence-electron chi connectivity index (χ1n) is 9.96. The van der Waals surface area contributed by atoms with Crippen LogP contribution in [-0.2, 0) is 4.79 Å². The molecule has 1 aromatic carbocycles. The van der Waals surface area contributed by atoms with Crippen molar-refractivity contribution in [2.24, 2.45) is 0 Å². The van der Waals surface area contributed by atoms with Crippen LogP contribution in [0.5, 0.6) is 0 Å². The Labute approximate surface area is 151 Å². The Morgan fingerprint density at radius 1 is 1.08 bits per heavy atom. The number of carbonyl (C=O) groups excluding carboxylic acids is 1. The lowest BCUT2D eigenvalue weighted by Crippen LogP contribution is -2.86. The number of amides is 1. The third kappa shape index (κ3) is 5.60. The van der Waals surface area contributed by atoms with Gasteiger partial charge in [0.05, 0.1) is 17.9 Å². The van der Waals surface area contributed by atoms with E-state index in [0.717, 1.165) is 31.7 Å². The highest BCUT2D eigenvalue weighted by Crippen LogP contribution is 2.28. The van der Waals surface area contributed by atoms with Crippen molar-refractivity contribution in [2.75, 3.05) is 36.4 Å². The fourth-order valence-electron chi connectivity index (χ4n) is 3.84. The monoisotopic (exact) mass is 342 g/mol. The van der Waals surface area contributed by atoms with Crippen molar-refractivity contribution < 1.29 is 10.1 Å². The predicted molar refractivity (Wildman–Crippen MR) is 104 cm³/mol. The minimum Gasteiger partial charge on any atom is -0.370 e. The van der Waals surface area contributed by atoms with Crippen LogP contribution in [0.15, 0.2) is 35.9 Å². The molecule has 1 aromatic rings. The number of allylic oxidation sites excluding steroid dienone is 1. The highest BCUT2D eigenvalue weighted by Gasteiger charge is 2.15. The molecule has 4 heteroatoms. The van der Waals surface area contributed by atoms with Gasteiger partial charge in [-0.25, -0.2) is 0 Å². The molecule has 136 valence electrons. The van der Waals surface area contributed by atoms with Crippen molar-refractivity contribution in [1.29, 1.82) is 0 Å². The van der Waals surface area contributed by atoms with E-state index < -0.39 is 0 Å². The van der Waals surface area contributed by atoms with Crippen LogP contribution >= 0.6 is 0 Å². The van der Waals surface area contributed by atoms with Gasteiger partial charge in [0.25, 0.3) is 5.91 Å². The van der Waals surface area contributed by atoms with Gasteiger partial charge < -0.3 is 15.5 Å². The van der Waals surface area contributed by atoms with E-state index in [9.17, 15) is 4.79 Å². The van der Waals surface area contributed by atoms with Gasteiger partial charge >= 0.3 is 0 Å². The van der Waals surface area contributed by atoms with Crippen molar-refractivity contribution in [2.45, 2.75) is 51.4 Å². The molecule has 2 aliphatic rings. The summed E-state index contributed by atoms with van der Waals surface area (Å²) < 4.78 is 0. The van der Waals surface area contributed by atoms with Gasteiger partial charge in [0.15, 0.2) is 6.54 Å². The highest BCUT2D eigenvalue weighted by atomic mass is 16.1. The molecule has 0 spiro atoms. The largest absolute Gasteiger partial charge is 0.370 e. The Morgan fingerprint density at radius 2 is 1.92 bits per heavy atom. The van der Waals surface area contributed by atoms with Crippen molar-refractivity contribution in [3.05, 3.63) is 35.9 Å². The molecule has 1 fully saturated rings. The fraction of sp³-hybridized carbons (Fsp3) is 0.571. The number of nitrogens with two attached hydrogens (primary N) is 1. The van der Waals surface area contributed by atoms with Crippen LogP contribution in [0, 0.1) is 0 Å². The Bertz CT molecular complexity index is 591. The van der Waals surface area contributed by atoms with Gasteiger partial charge in [0, 0.05) is 19.5 Å². The van der Waals surface area contributed by atoms with Crippen LogP contribution < -0.4 is 15.5 Å². The highest BCUT2D eigenvalue weighted by molar-refractivity contribution is 5.94. The number of nitrogens with zero attached hydrogens (tertiary/aromatic N) is 1. The molecule has 0 aromatic heterocycles. The lowest BCUT2D eigenvalue weighted by atomic mass is 9.97. The van der Waals surface area contributed by atoms with E-state index in [-0.39, 0.29) is 5.91 Å². The lowest BCUT2D eigenvalue weighted by Gasteiger charge is -2.30. The van der Waals surface area contributed by atoms with E-state index in [2.05, 4.69) is 33.7 Å². The number of hydrogen-bond acceptors (Lipinski definition) is 2. The van der Waals surface area contributed by atoms with Crippen molar-refractivity contribution >= 4 is 17.3 Å². The number of carbonyl (C=O) groups is 1. The molecule has 4 nitrogen and oxygen atoms in total. The number of anilines is 2. The topological polar surface area (TPSA) is 49.0 Å². The molecular weight excluding hydrogens is 310 g/mol. The SMILES string of the molecule is O=C(C[NH2+]CCC1=CCCCC1)Nc1ccccc1N1CCCCC1. The maximum absolute atomic E-state index is 12.3. The van der Waals surface area contributed by atoms with Crippen LogP contribution in [0.4, 0.5) is 11.4 Å². The smallest absolute Gasteiger partial charge is 0.279 e. The molecular formula is C21H32N3O+. The summed E-state index contributed by atoms with van der Waals surface area (Å²) in [5.41, 5.74) is 3.71. The van der Waals surface area contributed by atoms with Crippen LogP contribution in [0.1, 0.15) is 51.4 Å². The number of benzene rings is 1. The van der Waals surface area contributed by atoms with Gasteiger partial charge in [0.2, 0.25) is 0 Å². The Morgan fingerprint density at radius 3 is 2.72 bits per heavy atom. The number of rotatable bonds is 7. The molecule has 0 unspecified atom stereocenters.